The normalized spacial score (nSPS) is 10.4. The Hall–Kier alpha value is -2.96. The lowest BCUT2D eigenvalue weighted by molar-refractivity contribution is 0.102. The molecule has 1 heterocycles. The number of nitrogens with one attached hydrogen (secondary N) is 1. The zero-order valence-electron chi connectivity index (χ0n) is 15.1. The Kier molecular flexibility index (Phi) is 5.92. The lowest BCUT2D eigenvalue weighted by Gasteiger charge is -2.12. The number of aromatic nitrogens is 1. The number of methoxy groups -OCH3 is 2. The number of pyridine rings is 1. The maximum absolute atomic E-state index is 12.5. The molecule has 0 radical (unpaired) electrons. The summed E-state index contributed by atoms with van der Waals surface area (Å²) >= 11 is 12.3. The van der Waals surface area contributed by atoms with Crippen molar-refractivity contribution < 1.29 is 14.3 Å². The smallest absolute Gasteiger partial charge is 0.256 e. The van der Waals surface area contributed by atoms with Crippen molar-refractivity contribution in [2.75, 3.05) is 25.3 Å². The zero-order chi connectivity index (χ0) is 20.3. The minimum Gasteiger partial charge on any atom is -0.493 e. The molecule has 0 aliphatic rings. The number of benzene rings is 2. The standard InChI is InChI=1S/C20H17Cl2N3O3/c1-27-16-7-3-11(9-17(16)28-2)20(26)25-18-8-5-13(19(23)24-18)14-10-12(21)4-6-15(14)22/h3-10H,1-2H3,(H3,23,24,25,26). The third kappa shape index (κ3) is 4.13. The predicted molar refractivity (Wildman–Crippen MR) is 112 cm³/mol. The quantitative estimate of drug-likeness (QED) is 0.615. The summed E-state index contributed by atoms with van der Waals surface area (Å²) in [4.78, 5) is 16.8. The Morgan fingerprint density at radius 3 is 2.39 bits per heavy atom. The highest BCUT2D eigenvalue weighted by Crippen LogP contribution is 2.34. The highest BCUT2D eigenvalue weighted by Gasteiger charge is 2.14. The summed E-state index contributed by atoms with van der Waals surface area (Å²) in [6.45, 7) is 0. The van der Waals surface area contributed by atoms with Crippen LogP contribution in [0.2, 0.25) is 10.0 Å². The van der Waals surface area contributed by atoms with Crippen LogP contribution in [0.5, 0.6) is 11.5 Å². The molecule has 0 unspecified atom stereocenters. The number of hydrogen-bond donors (Lipinski definition) is 2. The van der Waals surface area contributed by atoms with Gasteiger partial charge in [-0.3, -0.25) is 4.79 Å². The van der Waals surface area contributed by atoms with Crippen molar-refractivity contribution in [3.63, 3.8) is 0 Å². The molecule has 0 fully saturated rings. The van der Waals surface area contributed by atoms with Crippen molar-refractivity contribution in [1.29, 1.82) is 0 Å². The topological polar surface area (TPSA) is 86.5 Å². The monoisotopic (exact) mass is 417 g/mol. The summed E-state index contributed by atoms with van der Waals surface area (Å²) in [5.74, 6) is 1.15. The van der Waals surface area contributed by atoms with Gasteiger partial charge in [0.25, 0.3) is 5.91 Å². The van der Waals surface area contributed by atoms with E-state index in [2.05, 4.69) is 10.3 Å². The van der Waals surface area contributed by atoms with E-state index in [9.17, 15) is 4.79 Å². The molecule has 2 aromatic carbocycles. The van der Waals surface area contributed by atoms with Crippen molar-refractivity contribution in [3.8, 4) is 22.6 Å². The largest absolute Gasteiger partial charge is 0.493 e. The molecule has 1 aromatic heterocycles. The molecule has 0 atom stereocenters. The van der Waals surface area contributed by atoms with E-state index in [-0.39, 0.29) is 11.7 Å². The molecule has 0 spiro atoms. The second kappa shape index (κ2) is 8.37. The molecule has 0 aliphatic carbocycles. The first-order valence-corrected chi connectivity index (χ1v) is 8.94. The Morgan fingerprint density at radius 1 is 0.964 bits per heavy atom. The van der Waals surface area contributed by atoms with Crippen molar-refractivity contribution in [3.05, 3.63) is 64.1 Å². The van der Waals surface area contributed by atoms with E-state index in [4.69, 9.17) is 38.4 Å². The minimum atomic E-state index is -0.360. The maximum atomic E-state index is 12.5. The molecule has 1 amide bonds. The van der Waals surface area contributed by atoms with E-state index in [0.717, 1.165) is 0 Å². The van der Waals surface area contributed by atoms with Crippen LogP contribution in [-0.4, -0.2) is 25.1 Å². The molecular weight excluding hydrogens is 401 g/mol. The van der Waals surface area contributed by atoms with Gasteiger partial charge in [-0.25, -0.2) is 4.98 Å². The van der Waals surface area contributed by atoms with Gasteiger partial charge >= 0.3 is 0 Å². The number of ether oxygens (including phenoxy) is 2. The molecule has 3 N–H and O–H groups in total. The van der Waals surface area contributed by atoms with Crippen LogP contribution in [0.4, 0.5) is 11.6 Å². The second-order valence-electron chi connectivity index (χ2n) is 5.78. The molecule has 28 heavy (non-hydrogen) atoms. The number of nitrogens with two attached hydrogens (primary N) is 1. The number of carbonyl (C=O) groups is 1. The van der Waals surface area contributed by atoms with Crippen LogP contribution in [0.25, 0.3) is 11.1 Å². The van der Waals surface area contributed by atoms with E-state index in [1.54, 1.807) is 48.5 Å². The van der Waals surface area contributed by atoms with Gasteiger partial charge in [0.1, 0.15) is 11.6 Å². The van der Waals surface area contributed by atoms with Gasteiger partial charge in [0.2, 0.25) is 0 Å². The Labute approximate surface area is 172 Å². The zero-order valence-corrected chi connectivity index (χ0v) is 16.6. The van der Waals surface area contributed by atoms with Gasteiger partial charge in [-0.05, 0) is 48.5 Å². The van der Waals surface area contributed by atoms with E-state index >= 15 is 0 Å². The number of nitrogens with zero attached hydrogens (tertiary/aromatic N) is 1. The summed E-state index contributed by atoms with van der Waals surface area (Å²) in [7, 11) is 3.03. The van der Waals surface area contributed by atoms with Gasteiger partial charge in [-0.15, -0.1) is 0 Å². The molecular formula is C20H17Cl2N3O3. The lowest BCUT2D eigenvalue weighted by Crippen LogP contribution is -2.14. The Bertz CT molecular complexity index is 1040. The van der Waals surface area contributed by atoms with Gasteiger partial charge in [0.15, 0.2) is 11.5 Å². The number of hydrogen-bond acceptors (Lipinski definition) is 5. The third-order valence-electron chi connectivity index (χ3n) is 4.03. The van der Waals surface area contributed by atoms with Crippen molar-refractivity contribution >= 4 is 40.7 Å². The molecule has 0 aliphatic heterocycles. The van der Waals surface area contributed by atoms with Crippen molar-refractivity contribution in [2.24, 2.45) is 0 Å². The van der Waals surface area contributed by atoms with Gasteiger partial charge in [0, 0.05) is 26.7 Å². The molecule has 3 aromatic rings. The van der Waals surface area contributed by atoms with Gasteiger partial charge in [0.05, 0.1) is 14.2 Å². The van der Waals surface area contributed by atoms with Crippen LogP contribution in [0.1, 0.15) is 10.4 Å². The fraction of sp³-hybridized carbons (Fsp3) is 0.100. The van der Waals surface area contributed by atoms with E-state index in [0.29, 0.717) is 44.1 Å². The van der Waals surface area contributed by atoms with E-state index in [1.807, 2.05) is 0 Å². The number of nitrogen functional groups attached to an aromatic ring is 1. The number of halogens is 2. The number of carbonyl (C=O) groups excluding carboxylic acids is 1. The minimum absolute atomic E-state index is 0.217. The van der Waals surface area contributed by atoms with Crippen LogP contribution in [-0.2, 0) is 0 Å². The second-order valence-corrected chi connectivity index (χ2v) is 6.62. The average Bonchev–Trinajstić information content (AvgIpc) is 2.69. The molecule has 144 valence electrons. The van der Waals surface area contributed by atoms with Crippen LogP contribution in [0.15, 0.2) is 48.5 Å². The first kappa shape index (κ1) is 19.8. The maximum Gasteiger partial charge on any atom is 0.256 e. The van der Waals surface area contributed by atoms with Crippen LogP contribution >= 0.6 is 23.2 Å². The highest BCUT2D eigenvalue weighted by molar-refractivity contribution is 6.35. The SMILES string of the molecule is COc1ccc(C(=O)Nc2ccc(-c3cc(Cl)ccc3Cl)c(N)n2)cc1OC. The highest BCUT2D eigenvalue weighted by atomic mass is 35.5. The summed E-state index contributed by atoms with van der Waals surface area (Å²) in [6, 6.07) is 13.3. The van der Waals surface area contributed by atoms with Gasteiger partial charge < -0.3 is 20.5 Å². The van der Waals surface area contributed by atoms with Crippen LogP contribution in [0, 0.1) is 0 Å². The van der Waals surface area contributed by atoms with Crippen LogP contribution < -0.4 is 20.5 Å². The Balaban J connectivity index is 1.85. The molecule has 8 heteroatoms. The summed E-state index contributed by atoms with van der Waals surface area (Å²) in [5.41, 5.74) is 7.74. The van der Waals surface area contributed by atoms with E-state index in [1.165, 1.54) is 14.2 Å². The van der Waals surface area contributed by atoms with Crippen molar-refractivity contribution in [2.45, 2.75) is 0 Å². The number of rotatable bonds is 5. The van der Waals surface area contributed by atoms with E-state index < -0.39 is 0 Å². The van der Waals surface area contributed by atoms with Gasteiger partial charge in [-0.1, -0.05) is 23.2 Å². The average molecular weight is 418 g/mol. The lowest BCUT2D eigenvalue weighted by atomic mass is 10.1. The summed E-state index contributed by atoms with van der Waals surface area (Å²) in [5, 5.41) is 3.74. The molecule has 3 rings (SSSR count). The molecule has 0 saturated carbocycles. The third-order valence-corrected chi connectivity index (χ3v) is 4.60. The fourth-order valence-corrected chi connectivity index (χ4v) is 3.03. The first-order chi connectivity index (χ1) is 13.4. The predicted octanol–water partition coefficient (Wildman–Crippen LogP) is 4.91. The summed E-state index contributed by atoms with van der Waals surface area (Å²) in [6.07, 6.45) is 0. The number of anilines is 2. The molecule has 6 nitrogen and oxygen atoms in total. The number of amides is 1. The summed E-state index contributed by atoms with van der Waals surface area (Å²) < 4.78 is 10.4. The fourth-order valence-electron chi connectivity index (χ4n) is 2.64. The van der Waals surface area contributed by atoms with Crippen molar-refractivity contribution in [1.82, 2.24) is 4.98 Å². The van der Waals surface area contributed by atoms with Gasteiger partial charge in [-0.2, -0.15) is 0 Å². The first-order valence-electron chi connectivity index (χ1n) is 8.18. The molecule has 0 saturated heterocycles. The van der Waals surface area contributed by atoms with Crippen LogP contribution in [0.3, 0.4) is 0 Å². The Morgan fingerprint density at radius 2 is 1.71 bits per heavy atom. The molecule has 0 bridgehead atoms.